The first-order valence-corrected chi connectivity index (χ1v) is 7.60. The Balaban J connectivity index is 2.16. The van der Waals surface area contributed by atoms with Crippen LogP contribution in [0.3, 0.4) is 0 Å². The molecule has 0 unspecified atom stereocenters. The second-order valence-corrected chi connectivity index (χ2v) is 5.90. The van der Waals surface area contributed by atoms with Gasteiger partial charge < -0.3 is 9.47 Å². The number of ether oxygens (including phenoxy) is 2. The lowest BCUT2D eigenvalue weighted by atomic mass is 10.2. The fourth-order valence-electron chi connectivity index (χ4n) is 1.81. The van der Waals surface area contributed by atoms with Crippen LogP contribution < -0.4 is 4.74 Å². The third kappa shape index (κ3) is 4.98. The summed E-state index contributed by atoms with van der Waals surface area (Å²) in [6.07, 6.45) is -0.234. The number of esters is 2. The third-order valence-electron chi connectivity index (χ3n) is 2.72. The molecule has 0 heterocycles. The average molecular weight is 353 g/mol. The summed E-state index contributed by atoms with van der Waals surface area (Å²) in [7, 11) is 0. The molecule has 2 aromatic rings. The molecule has 0 radical (unpaired) electrons. The zero-order valence-electron chi connectivity index (χ0n) is 12.5. The molecule has 0 saturated heterocycles. The Morgan fingerprint density at radius 1 is 0.913 bits per heavy atom. The topological polar surface area (TPSA) is 52.6 Å². The van der Waals surface area contributed by atoms with Crippen LogP contribution in [0.25, 0.3) is 0 Å². The van der Waals surface area contributed by atoms with Gasteiger partial charge >= 0.3 is 11.9 Å². The van der Waals surface area contributed by atoms with Crippen LogP contribution in [0.15, 0.2) is 42.5 Å². The maximum atomic E-state index is 12.1. The van der Waals surface area contributed by atoms with Gasteiger partial charge in [0.15, 0.2) is 0 Å². The Bertz CT molecular complexity index is 721. The van der Waals surface area contributed by atoms with E-state index in [2.05, 4.69) is 0 Å². The normalized spacial score (nSPS) is 10.5. The van der Waals surface area contributed by atoms with E-state index in [0.29, 0.717) is 15.6 Å². The number of halogens is 2. The zero-order chi connectivity index (χ0) is 17.0. The number of hydrogen-bond donors (Lipinski definition) is 0. The molecule has 23 heavy (non-hydrogen) atoms. The number of benzene rings is 2. The van der Waals surface area contributed by atoms with Crippen molar-refractivity contribution < 1.29 is 19.1 Å². The van der Waals surface area contributed by atoms with Gasteiger partial charge in [0.1, 0.15) is 5.75 Å². The highest BCUT2D eigenvalue weighted by molar-refractivity contribution is 6.35. The summed E-state index contributed by atoms with van der Waals surface area (Å²) in [6.45, 7) is 3.51. The van der Waals surface area contributed by atoms with Gasteiger partial charge in [-0.25, -0.2) is 9.59 Å². The van der Waals surface area contributed by atoms with Crippen molar-refractivity contribution in [3.63, 3.8) is 0 Å². The van der Waals surface area contributed by atoms with Gasteiger partial charge in [-0.1, -0.05) is 29.3 Å². The summed E-state index contributed by atoms with van der Waals surface area (Å²) in [5, 5.41) is 0.664. The standard InChI is InChI=1S/C17H14Cl2O4/c1-10(2)22-16(20)11-4-3-5-15(8-11)23-17(21)12-6-13(18)9-14(19)7-12/h3-10H,1-2H3. The lowest BCUT2D eigenvalue weighted by molar-refractivity contribution is 0.0376. The molecule has 0 saturated carbocycles. The second kappa shape index (κ2) is 7.49. The molecular weight excluding hydrogens is 339 g/mol. The summed E-state index contributed by atoms with van der Waals surface area (Å²) in [4.78, 5) is 24.0. The molecule has 4 nitrogen and oxygen atoms in total. The van der Waals surface area contributed by atoms with E-state index in [4.69, 9.17) is 32.7 Å². The van der Waals surface area contributed by atoms with Crippen LogP contribution in [0.4, 0.5) is 0 Å². The lowest BCUT2D eigenvalue weighted by Gasteiger charge is -2.09. The van der Waals surface area contributed by atoms with Gasteiger partial charge in [0, 0.05) is 10.0 Å². The van der Waals surface area contributed by atoms with E-state index in [-0.39, 0.29) is 17.4 Å². The van der Waals surface area contributed by atoms with Crippen molar-refractivity contribution in [2.45, 2.75) is 20.0 Å². The van der Waals surface area contributed by atoms with Crippen LogP contribution in [0.5, 0.6) is 5.75 Å². The molecule has 2 rings (SSSR count). The molecule has 0 aromatic heterocycles. The number of rotatable bonds is 4. The minimum absolute atomic E-state index is 0.220. The minimum Gasteiger partial charge on any atom is -0.459 e. The SMILES string of the molecule is CC(C)OC(=O)c1cccc(OC(=O)c2cc(Cl)cc(Cl)c2)c1. The van der Waals surface area contributed by atoms with E-state index in [1.807, 2.05) is 0 Å². The van der Waals surface area contributed by atoms with Gasteiger partial charge in [0.05, 0.1) is 17.2 Å². The van der Waals surface area contributed by atoms with Gasteiger partial charge in [-0.3, -0.25) is 0 Å². The van der Waals surface area contributed by atoms with Gasteiger partial charge in [0.2, 0.25) is 0 Å². The largest absolute Gasteiger partial charge is 0.459 e. The Hall–Kier alpha value is -2.04. The molecule has 0 spiro atoms. The average Bonchev–Trinajstić information content (AvgIpc) is 2.45. The summed E-state index contributed by atoms with van der Waals surface area (Å²) in [5.41, 5.74) is 0.519. The highest BCUT2D eigenvalue weighted by Crippen LogP contribution is 2.21. The smallest absolute Gasteiger partial charge is 0.343 e. The molecule has 0 bridgehead atoms. The van der Waals surface area contributed by atoms with Crippen molar-refractivity contribution in [2.24, 2.45) is 0 Å². The zero-order valence-corrected chi connectivity index (χ0v) is 14.0. The van der Waals surface area contributed by atoms with Crippen LogP contribution in [-0.4, -0.2) is 18.0 Å². The Morgan fingerprint density at radius 3 is 2.17 bits per heavy atom. The number of carbonyl (C=O) groups is 2. The van der Waals surface area contributed by atoms with E-state index < -0.39 is 11.9 Å². The highest BCUT2D eigenvalue weighted by Gasteiger charge is 2.14. The summed E-state index contributed by atoms with van der Waals surface area (Å²) < 4.78 is 10.3. The van der Waals surface area contributed by atoms with Crippen LogP contribution >= 0.6 is 23.2 Å². The van der Waals surface area contributed by atoms with E-state index in [1.54, 1.807) is 32.0 Å². The van der Waals surface area contributed by atoms with Gasteiger partial charge in [-0.2, -0.15) is 0 Å². The highest BCUT2D eigenvalue weighted by atomic mass is 35.5. The first-order valence-electron chi connectivity index (χ1n) is 6.84. The maximum absolute atomic E-state index is 12.1. The quantitative estimate of drug-likeness (QED) is 0.586. The first-order chi connectivity index (χ1) is 10.8. The van der Waals surface area contributed by atoms with E-state index in [1.165, 1.54) is 24.3 Å². The Labute approximate surface area is 143 Å². The molecule has 0 N–H and O–H groups in total. The molecule has 0 aliphatic carbocycles. The summed E-state index contributed by atoms with van der Waals surface area (Å²) in [5.74, 6) is -0.878. The van der Waals surface area contributed by atoms with Crippen LogP contribution in [-0.2, 0) is 4.74 Å². The molecule has 0 fully saturated rings. The number of hydrogen-bond acceptors (Lipinski definition) is 4. The Kier molecular flexibility index (Phi) is 5.64. The third-order valence-corrected chi connectivity index (χ3v) is 3.16. The first kappa shape index (κ1) is 17.3. The molecule has 0 amide bonds. The molecular formula is C17H14Cl2O4. The molecule has 120 valence electrons. The molecule has 6 heteroatoms. The monoisotopic (exact) mass is 352 g/mol. The van der Waals surface area contributed by atoms with Crippen molar-refractivity contribution >= 4 is 35.1 Å². The maximum Gasteiger partial charge on any atom is 0.343 e. The predicted octanol–water partition coefficient (Wildman–Crippen LogP) is 4.78. The van der Waals surface area contributed by atoms with Crippen molar-refractivity contribution in [3.05, 3.63) is 63.6 Å². The van der Waals surface area contributed by atoms with Gasteiger partial charge in [0.25, 0.3) is 0 Å². The van der Waals surface area contributed by atoms with Gasteiger partial charge in [-0.05, 0) is 50.2 Å². The number of carbonyl (C=O) groups excluding carboxylic acids is 2. The van der Waals surface area contributed by atoms with E-state index in [9.17, 15) is 9.59 Å². The van der Waals surface area contributed by atoms with Crippen molar-refractivity contribution in [2.75, 3.05) is 0 Å². The minimum atomic E-state index is -0.622. The van der Waals surface area contributed by atoms with Gasteiger partial charge in [-0.15, -0.1) is 0 Å². The lowest BCUT2D eigenvalue weighted by Crippen LogP contribution is -2.12. The van der Waals surface area contributed by atoms with E-state index in [0.717, 1.165) is 0 Å². The summed E-state index contributed by atoms with van der Waals surface area (Å²) >= 11 is 11.7. The van der Waals surface area contributed by atoms with Crippen LogP contribution in [0.2, 0.25) is 10.0 Å². The molecule has 0 atom stereocenters. The predicted molar refractivity (Wildman–Crippen MR) is 88.4 cm³/mol. The van der Waals surface area contributed by atoms with Crippen molar-refractivity contribution in [3.8, 4) is 5.75 Å². The van der Waals surface area contributed by atoms with Crippen LogP contribution in [0.1, 0.15) is 34.6 Å². The van der Waals surface area contributed by atoms with E-state index >= 15 is 0 Å². The van der Waals surface area contributed by atoms with Crippen molar-refractivity contribution in [1.82, 2.24) is 0 Å². The fraction of sp³-hybridized carbons (Fsp3) is 0.176. The molecule has 0 aliphatic rings. The van der Waals surface area contributed by atoms with Crippen molar-refractivity contribution in [1.29, 1.82) is 0 Å². The molecule has 0 aliphatic heterocycles. The summed E-state index contributed by atoms with van der Waals surface area (Å²) in [6, 6.07) is 10.6. The molecule has 2 aromatic carbocycles. The van der Waals surface area contributed by atoms with Crippen LogP contribution in [0, 0.1) is 0 Å². The Morgan fingerprint density at radius 2 is 1.57 bits per heavy atom. The second-order valence-electron chi connectivity index (χ2n) is 5.03. The fourth-order valence-corrected chi connectivity index (χ4v) is 2.33.